The monoisotopic (exact) mass is 281 g/mol. The standard InChI is InChI=1S/C12H15N3O3S/c1-8-3-5-9(6-4-8)19(16,17)11-10(7-18-2)14-15-12(11)13/h3-6H,7H2,1-2H3,(H3,13,14,15). The Labute approximate surface area is 111 Å². The average molecular weight is 281 g/mol. The SMILES string of the molecule is COCc1[nH]nc(N)c1S(=O)(=O)c1ccc(C)cc1. The second-order valence-electron chi connectivity index (χ2n) is 4.17. The first-order valence-electron chi connectivity index (χ1n) is 5.60. The fraction of sp³-hybridized carbons (Fsp3) is 0.250. The van der Waals surface area contributed by atoms with Gasteiger partial charge in [0.1, 0.15) is 4.90 Å². The molecule has 102 valence electrons. The lowest BCUT2D eigenvalue weighted by Gasteiger charge is -2.06. The number of nitrogens with one attached hydrogen (secondary N) is 1. The molecule has 3 N–H and O–H groups in total. The molecule has 2 aromatic rings. The van der Waals surface area contributed by atoms with Gasteiger partial charge in [0.15, 0.2) is 5.82 Å². The highest BCUT2D eigenvalue weighted by atomic mass is 32.2. The minimum Gasteiger partial charge on any atom is -0.381 e. The smallest absolute Gasteiger partial charge is 0.212 e. The van der Waals surface area contributed by atoms with Gasteiger partial charge >= 0.3 is 0 Å². The molecule has 7 heteroatoms. The van der Waals surface area contributed by atoms with Crippen LogP contribution in [0.5, 0.6) is 0 Å². The first-order chi connectivity index (χ1) is 8.96. The van der Waals surface area contributed by atoms with Crippen LogP contribution in [0, 0.1) is 6.92 Å². The number of aromatic nitrogens is 2. The van der Waals surface area contributed by atoms with Crippen LogP contribution < -0.4 is 5.73 Å². The third-order valence-electron chi connectivity index (χ3n) is 2.71. The number of H-pyrrole nitrogens is 1. The van der Waals surface area contributed by atoms with Crippen LogP contribution in [-0.4, -0.2) is 25.7 Å². The minimum atomic E-state index is -3.69. The van der Waals surface area contributed by atoms with Crippen molar-refractivity contribution in [1.29, 1.82) is 0 Å². The number of anilines is 1. The largest absolute Gasteiger partial charge is 0.381 e. The summed E-state index contributed by atoms with van der Waals surface area (Å²) in [4.78, 5) is 0.168. The number of ether oxygens (including phenoxy) is 1. The lowest BCUT2D eigenvalue weighted by atomic mass is 10.2. The third kappa shape index (κ3) is 2.47. The van der Waals surface area contributed by atoms with Gasteiger partial charge in [0.2, 0.25) is 9.84 Å². The van der Waals surface area contributed by atoms with Crippen LogP contribution in [0.1, 0.15) is 11.3 Å². The van der Waals surface area contributed by atoms with Gasteiger partial charge in [0, 0.05) is 7.11 Å². The van der Waals surface area contributed by atoms with Crippen LogP contribution in [0.15, 0.2) is 34.1 Å². The Kier molecular flexibility index (Phi) is 3.59. The molecule has 0 saturated carbocycles. The fourth-order valence-electron chi connectivity index (χ4n) is 1.76. The van der Waals surface area contributed by atoms with E-state index in [9.17, 15) is 8.42 Å². The van der Waals surface area contributed by atoms with E-state index >= 15 is 0 Å². The Morgan fingerprint density at radius 3 is 2.53 bits per heavy atom. The summed E-state index contributed by atoms with van der Waals surface area (Å²) in [6.07, 6.45) is 0. The van der Waals surface area contributed by atoms with Crippen LogP contribution in [0.2, 0.25) is 0 Å². The number of aromatic amines is 1. The summed E-state index contributed by atoms with van der Waals surface area (Å²) in [5.41, 5.74) is 6.98. The van der Waals surface area contributed by atoms with Crippen molar-refractivity contribution in [3.63, 3.8) is 0 Å². The van der Waals surface area contributed by atoms with Gasteiger partial charge < -0.3 is 10.5 Å². The summed E-state index contributed by atoms with van der Waals surface area (Å²) < 4.78 is 30.0. The number of aryl methyl sites for hydroxylation is 1. The van der Waals surface area contributed by atoms with E-state index in [2.05, 4.69) is 10.2 Å². The Morgan fingerprint density at radius 1 is 1.32 bits per heavy atom. The van der Waals surface area contributed by atoms with Gasteiger partial charge in [-0.1, -0.05) is 17.7 Å². The van der Waals surface area contributed by atoms with E-state index in [0.29, 0.717) is 5.69 Å². The number of sulfone groups is 1. The number of rotatable bonds is 4. The maximum atomic E-state index is 12.5. The second kappa shape index (κ2) is 5.02. The highest BCUT2D eigenvalue weighted by Gasteiger charge is 2.26. The van der Waals surface area contributed by atoms with Gasteiger partial charge in [-0.05, 0) is 19.1 Å². The fourth-order valence-corrected chi connectivity index (χ4v) is 3.24. The molecule has 0 radical (unpaired) electrons. The number of methoxy groups -OCH3 is 1. The highest BCUT2D eigenvalue weighted by Crippen LogP contribution is 2.28. The number of nitrogen functional groups attached to an aromatic ring is 1. The molecule has 1 aromatic carbocycles. The predicted octanol–water partition coefficient (Wildman–Crippen LogP) is 1.28. The quantitative estimate of drug-likeness (QED) is 0.879. The van der Waals surface area contributed by atoms with Crippen LogP contribution in [0.3, 0.4) is 0 Å². The lowest BCUT2D eigenvalue weighted by molar-refractivity contribution is 0.179. The summed E-state index contributed by atoms with van der Waals surface area (Å²) in [7, 11) is -2.22. The molecule has 0 saturated heterocycles. The normalized spacial score (nSPS) is 11.7. The Hall–Kier alpha value is -1.86. The summed E-state index contributed by atoms with van der Waals surface area (Å²) in [5, 5.41) is 6.32. The molecule has 2 rings (SSSR count). The van der Waals surface area contributed by atoms with Crippen molar-refractivity contribution in [3.8, 4) is 0 Å². The molecule has 0 fully saturated rings. The zero-order valence-electron chi connectivity index (χ0n) is 10.7. The number of nitrogens with zero attached hydrogens (tertiary/aromatic N) is 1. The Morgan fingerprint density at radius 2 is 1.95 bits per heavy atom. The van der Waals surface area contributed by atoms with Crippen LogP contribution in [0.25, 0.3) is 0 Å². The molecule has 1 aromatic heterocycles. The summed E-state index contributed by atoms with van der Waals surface area (Å²) >= 11 is 0. The van der Waals surface area contributed by atoms with Crippen LogP contribution in [0.4, 0.5) is 5.82 Å². The molecular weight excluding hydrogens is 266 g/mol. The highest BCUT2D eigenvalue weighted by molar-refractivity contribution is 7.91. The van der Waals surface area contributed by atoms with Crippen molar-refractivity contribution in [1.82, 2.24) is 10.2 Å². The van der Waals surface area contributed by atoms with E-state index in [1.807, 2.05) is 6.92 Å². The van der Waals surface area contributed by atoms with Gasteiger partial charge in [0.25, 0.3) is 0 Å². The minimum absolute atomic E-state index is 0.0156. The first-order valence-corrected chi connectivity index (χ1v) is 7.08. The molecule has 0 aliphatic rings. The van der Waals surface area contributed by atoms with Gasteiger partial charge in [-0.3, -0.25) is 5.10 Å². The third-order valence-corrected chi connectivity index (χ3v) is 4.59. The van der Waals surface area contributed by atoms with E-state index in [-0.39, 0.29) is 22.2 Å². The van der Waals surface area contributed by atoms with E-state index in [4.69, 9.17) is 10.5 Å². The predicted molar refractivity (Wildman–Crippen MR) is 70.3 cm³/mol. The summed E-state index contributed by atoms with van der Waals surface area (Å²) in [6, 6.07) is 6.57. The Bertz CT molecular complexity index is 675. The number of hydrogen-bond acceptors (Lipinski definition) is 5. The molecule has 0 bridgehead atoms. The van der Waals surface area contributed by atoms with Crippen molar-refractivity contribution in [3.05, 3.63) is 35.5 Å². The topological polar surface area (TPSA) is 98.1 Å². The summed E-state index contributed by atoms with van der Waals surface area (Å²) in [5.74, 6) is -0.0485. The van der Waals surface area contributed by atoms with Gasteiger partial charge in [-0.25, -0.2) is 8.42 Å². The molecule has 6 nitrogen and oxygen atoms in total. The number of benzene rings is 1. The molecule has 0 spiro atoms. The molecule has 0 aliphatic heterocycles. The van der Waals surface area contributed by atoms with Crippen LogP contribution in [-0.2, 0) is 21.2 Å². The van der Waals surface area contributed by atoms with E-state index in [1.54, 1.807) is 24.3 Å². The van der Waals surface area contributed by atoms with Crippen molar-refractivity contribution < 1.29 is 13.2 Å². The van der Waals surface area contributed by atoms with Crippen LogP contribution >= 0.6 is 0 Å². The van der Waals surface area contributed by atoms with E-state index in [0.717, 1.165) is 5.56 Å². The Balaban J connectivity index is 2.56. The maximum Gasteiger partial charge on any atom is 0.212 e. The average Bonchev–Trinajstić information content (AvgIpc) is 2.72. The van der Waals surface area contributed by atoms with Crippen molar-refractivity contribution >= 4 is 15.7 Å². The van der Waals surface area contributed by atoms with Crippen molar-refractivity contribution in [2.75, 3.05) is 12.8 Å². The molecular formula is C12H15N3O3S. The maximum absolute atomic E-state index is 12.5. The molecule has 0 unspecified atom stereocenters. The van der Waals surface area contributed by atoms with Crippen molar-refractivity contribution in [2.45, 2.75) is 23.3 Å². The molecule has 1 heterocycles. The van der Waals surface area contributed by atoms with E-state index < -0.39 is 9.84 Å². The zero-order valence-corrected chi connectivity index (χ0v) is 11.5. The zero-order chi connectivity index (χ0) is 14.0. The van der Waals surface area contributed by atoms with Gasteiger partial charge in [0.05, 0.1) is 17.2 Å². The summed E-state index contributed by atoms with van der Waals surface area (Å²) in [6.45, 7) is 1.99. The molecule has 0 amide bonds. The molecule has 19 heavy (non-hydrogen) atoms. The van der Waals surface area contributed by atoms with E-state index in [1.165, 1.54) is 7.11 Å². The van der Waals surface area contributed by atoms with Gasteiger partial charge in [-0.15, -0.1) is 0 Å². The van der Waals surface area contributed by atoms with Gasteiger partial charge in [-0.2, -0.15) is 5.10 Å². The first kappa shape index (κ1) is 13.6. The number of nitrogens with two attached hydrogens (primary N) is 1. The number of hydrogen-bond donors (Lipinski definition) is 2. The molecule has 0 atom stereocenters. The second-order valence-corrected chi connectivity index (χ2v) is 6.05. The molecule has 0 aliphatic carbocycles. The van der Waals surface area contributed by atoms with Crippen molar-refractivity contribution in [2.24, 2.45) is 0 Å². The lowest BCUT2D eigenvalue weighted by Crippen LogP contribution is -2.07.